The summed E-state index contributed by atoms with van der Waals surface area (Å²) in [6, 6.07) is 1.74. The van der Waals surface area contributed by atoms with E-state index in [4.69, 9.17) is 12.2 Å². The zero-order valence-electron chi connectivity index (χ0n) is 10.1. The molecule has 0 aliphatic heterocycles. The topological polar surface area (TPSA) is 32.3 Å². The Morgan fingerprint density at radius 2 is 2.12 bits per heavy atom. The van der Waals surface area contributed by atoms with Crippen molar-refractivity contribution >= 4 is 17.9 Å². The average molecular weight is 240 g/mol. The van der Waals surface area contributed by atoms with E-state index < -0.39 is 0 Å². The van der Waals surface area contributed by atoms with Crippen LogP contribution >= 0.6 is 12.2 Å². The summed E-state index contributed by atoms with van der Waals surface area (Å²) in [6.07, 6.45) is 3.45. The molecular weight excluding hydrogens is 220 g/mol. The molecule has 90 valence electrons. The Kier molecular flexibility index (Phi) is 5.63. The molecule has 0 aliphatic rings. The summed E-state index contributed by atoms with van der Waals surface area (Å²) >= 11 is 4.78. The molecule has 1 N–H and O–H groups in total. The van der Waals surface area contributed by atoms with E-state index in [1.54, 1.807) is 6.07 Å². The number of nitrogens with zero attached hydrogens (tertiary/aromatic N) is 1. The lowest BCUT2D eigenvalue weighted by molar-refractivity contribution is 0.328. The number of hydrogen-bond donors (Lipinski definition) is 1. The first-order valence-corrected chi connectivity index (χ1v) is 6.28. The van der Waals surface area contributed by atoms with Crippen molar-refractivity contribution in [2.45, 2.75) is 26.2 Å². The Balaban J connectivity index is 2.03. The van der Waals surface area contributed by atoms with Crippen molar-refractivity contribution in [3.05, 3.63) is 20.8 Å². The van der Waals surface area contributed by atoms with Crippen molar-refractivity contribution in [1.29, 1.82) is 0 Å². The first-order valence-electron chi connectivity index (χ1n) is 5.88. The van der Waals surface area contributed by atoms with Crippen molar-refractivity contribution in [2.75, 3.05) is 32.0 Å². The van der Waals surface area contributed by atoms with Gasteiger partial charge in [-0.15, -0.1) is 0 Å². The highest BCUT2D eigenvalue weighted by atomic mass is 32.1. The lowest BCUT2D eigenvalue weighted by Crippen LogP contribution is -2.21. The fourth-order valence-corrected chi connectivity index (χ4v) is 1.90. The predicted octanol–water partition coefficient (Wildman–Crippen LogP) is 2.19. The molecule has 3 nitrogen and oxygen atoms in total. The standard InChI is InChI=1S/C12H20N2OS/c1-3-7-14(2)8-5-4-6-13-10-9-11(16)12(10)15/h9,13H,3-8H2,1-2H3. The monoisotopic (exact) mass is 240 g/mol. The Labute approximate surface area is 102 Å². The molecule has 4 heteroatoms. The first kappa shape index (κ1) is 13.3. The zero-order chi connectivity index (χ0) is 12.0. The van der Waals surface area contributed by atoms with Gasteiger partial charge in [0.2, 0.25) is 5.43 Å². The van der Waals surface area contributed by atoms with E-state index in [9.17, 15) is 4.79 Å². The lowest BCUT2D eigenvalue weighted by atomic mass is 10.2. The summed E-state index contributed by atoms with van der Waals surface area (Å²) < 4.78 is 0.449. The Hall–Kier alpha value is -0.740. The van der Waals surface area contributed by atoms with Crippen LogP contribution in [0, 0.1) is 4.51 Å². The molecule has 0 aliphatic carbocycles. The van der Waals surface area contributed by atoms with E-state index in [0.29, 0.717) is 10.2 Å². The van der Waals surface area contributed by atoms with Gasteiger partial charge < -0.3 is 10.2 Å². The van der Waals surface area contributed by atoms with Crippen LogP contribution in [0.3, 0.4) is 0 Å². The number of rotatable bonds is 8. The van der Waals surface area contributed by atoms with Gasteiger partial charge in [0.25, 0.3) is 0 Å². The maximum Gasteiger partial charge on any atom is 0.219 e. The minimum atomic E-state index is -0.00176. The molecule has 0 aromatic heterocycles. The van der Waals surface area contributed by atoms with Crippen LogP contribution < -0.4 is 10.7 Å². The van der Waals surface area contributed by atoms with Crippen LogP contribution in [0.25, 0.3) is 0 Å². The van der Waals surface area contributed by atoms with Crippen LogP contribution in [0.4, 0.5) is 5.69 Å². The average Bonchev–Trinajstić information content (AvgIpc) is 2.27. The minimum absolute atomic E-state index is 0.00176. The Bertz CT molecular complexity index is 382. The fraction of sp³-hybridized carbons (Fsp3) is 0.667. The van der Waals surface area contributed by atoms with Gasteiger partial charge in [0.05, 0.1) is 10.2 Å². The minimum Gasteiger partial charge on any atom is -0.382 e. The summed E-state index contributed by atoms with van der Waals surface area (Å²) in [7, 11) is 2.15. The SMILES string of the molecule is CCCN(C)CCCCNc1cc(=S)c1=O. The van der Waals surface area contributed by atoms with E-state index >= 15 is 0 Å². The molecule has 0 fully saturated rings. The van der Waals surface area contributed by atoms with Gasteiger partial charge in [0.1, 0.15) is 0 Å². The highest BCUT2D eigenvalue weighted by Gasteiger charge is 2.04. The van der Waals surface area contributed by atoms with Gasteiger partial charge >= 0.3 is 0 Å². The molecule has 0 spiro atoms. The molecule has 1 aromatic rings. The number of nitrogens with one attached hydrogen (secondary N) is 1. The molecule has 0 heterocycles. The summed E-state index contributed by atoms with van der Waals surface area (Å²) in [5.41, 5.74) is 0.685. The third-order valence-electron chi connectivity index (χ3n) is 2.63. The highest BCUT2D eigenvalue weighted by molar-refractivity contribution is 7.71. The van der Waals surface area contributed by atoms with Gasteiger partial charge in [-0.25, -0.2) is 0 Å². The van der Waals surface area contributed by atoms with Crippen molar-refractivity contribution < 1.29 is 0 Å². The molecule has 0 saturated carbocycles. The van der Waals surface area contributed by atoms with Gasteiger partial charge in [-0.05, 0) is 45.5 Å². The van der Waals surface area contributed by atoms with Crippen LogP contribution in [-0.4, -0.2) is 31.6 Å². The van der Waals surface area contributed by atoms with E-state index in [1.807, 2.05) is 0 Å². The van der Waals surface area contributed by atoms with Crippen LogP contribution in [0.5, 0.6) is 0 Å². The van der Waals surface area contributed by atoms with Crippen LogP contribution in [-0.2, 0) is 0 Å². The summed E-state index contributed by atoms with van der Waals surface area (Å²) in [6.45, 7) is 5.34. The van der Waals surface area contributed by atoms with Crippen molar-refractivity contribution in [1.82, 2.24) is 4.90 Å². The van der Waals surface area contributed by atoms with E-state index in [-0.39, 0.29) is 5.43 Å². The summed E-state index contributed by atoms with van der Waals surface area (Å²) in [5.74, 6) is 0. The molecule has 1 aromatic carbocycles. The third kappa shape index (κ3) is 4.02. The Morgan fingerprint density at radius 1 is 1.38 bits per heavy atom. The largest absolute Gasteiger partial charge is 0.382 e. The second-order valence-electron chi connectivity index (χ2n) is 4.19. The second-order valence-corrected chi connectivity index (χ2v) is 4.63. The molecule has 0 saturated heterocycles. The smallest absolute Gasteiger partial charge is 0.219 e. The fourth-order valence-electron chi connectivity index (χ4n) is 1.67. The maximum atomic E-state index is 11.1. The molecule has 1 rings (SSSR count). The maximum absolute atomic E-state index is 11.1. The van der Waals surface area contributed by atoms with Crippen molar-refractivity contribution in [3.63, 3.8) is 0 Å². The van der Waals surface area contributed by atoms with Crippen LogP contribution in [0.2, 0.25) is 0 Å². The molecule has 16 heavy (non-hydrogen) atoms. The van der Waals surface area contributed by atoms with Crippen molar-refractivity contribution in [3.8, 4) is 0 Å². The molecule has 0 amide bonds. The molecule has 0 radical (unpaired) electrons. The second kappa shape index (κ2) is 6.76. The van der Waals surface area contributed by atoms with Gasteiger partial charge in [-0.3, -0.25) is 4.79 Å². The van der Waals surface area contributed by atoms with E-state index in [1.165, 1.54) is 6.42 Å². The van der Waals surface area contributed by atoms with E-state index in [2.05, 4.69) is 24.2 Å². The summed E-state index contributed by atoms with van der Waals surface area (Å²) in [5, 5.41) is 3.11. The third-order valence-corrected chi connectivity index (χ3v) is 2.93. The quantitative estimate of drug-likeness (QED) is 0.557. The van der Waals surface area contributed by atoms with Gasteiger partial charge in [0.15, 0.2) is 0 Å². The molecular formula is C12H20N2OS. The van der Waals surface area contributed by atoms with Crippen LogP contribution in [0.15, 0.2) is 10.9 Å². The highest BCUT2D eigenvalue weighted by Crippen LogP contribution is 2.04. The number of anilines is 1. The van der Waals surface area contributed by atoms with Crippen LogP contribution in [0.1, 0.15) is 26.2 Å². The van der Waals surface area contributed by atoms with Gasteiger partial charge in [-0.2, -0.15) is 0 Å². The number of unbranched alkanes of at least 4 members (excludes halogenated alkanes) is 1. The Morgan fingerprint density at radius 3 is 2.69 bits per heavy atom. The number of hydrogen-bond acceptors (Lipinski definition) is 4. The molecule has 0 atom stereocenters. The van der Waals surface area contributed by atoms with Gasteiger partial charge in [0, 0.05) is 6.54 Å². The van der Waals surface area contributed by atoms with E-state index in [0.717, 1.165) is 32.5 Å². The normalized spacial score (nSPS) is 11.2. The van der Waals surface area contributed by atoms with Crippen molar-refractivity contribution in [2.24, 2.45) is 0 Å². The molecule has 0 unspecified atom stereocenters. The molecule has 0 bridgehead atoms. The van der Waals surface area contributed by atoms with Gasteiger partial charge in [-0.1, -0.05) is 19.1 Å². The predicted molar refractivity (Wildman–Crippen MR) is 71.4 cm³/mol. The summed E-state index contributed by atoms with van der Waals surface area (Å²) in [4.78, 5) is 13.5. The lowest BCUT2D eigenvalue weighted by Gasteiger charge is -2.15. The first-order chi connectivity index (χ1) is 7.65. The zero-order valence-corrected chi connectivity index (χ0v) is 10.9.